The van der Waals surface area contributed by atoms with Crippen LogP contribution in [-0.4, -0.2) is 5.97 Å². The SMILES string of the molecule is CCCc1ccc(C(=O)Oc2ccc(C#N)c(F)c2)c(F)c1. The molecule has 2 aromatic rings. The number of hydrogen-bond donors (Lipinski definition) is 0. The third-order valence-corrected chi connectivity index (χ3v) is 3.06. The van der Waals surface area contributed by atoms with Crippen LogP contribution >= 0.6 is 0 Å². The summed E-state index contributed by atoms with van der Waals surface area (Å²) < 4.78 is 32.3. The van der Waals surface area contributed by atoms with E-state index in [1.54, 1.807) is 12.1 Å². The molecule has 112 valence electrons. The van der Waals surface area contributed by atoms with Crippen LogP contribution in [0.5, 0.6) is 5.75 Å². The van der Waals surface area contributed by atoms with Crippen LogP contribution in [0.15, 0.2) is 36.4 Å². The number of benzene rings is 2. The largest absolute Gasteiger partial charge is 0.423 e. The molecule has 0 aliphatic rings. The summed E-state index contributed by atoms with van der Waals surface area (Å²) in [6, 6.07) is 9.35. The normalized spacial score (nSPS) is 10.1. The van der Waals surface area contributed by atoms with Gasteiger partial charge in [-0.15, -0.1) is 0 Å². The first-order chi connectivity index (χ1) is 10.5. The van der Waals surface area contributed by atoms with E-state index in [0.717, 1.165) is 18.1 Å². The highest BCUT2D eigenvalue weighted by Crippen LogP contribution is 2.19. The minimum absolute atomic E-state index is 0.0847. The third-order valence-electron chi connectivity index (χ3n) is 3.06. The van der Waals surface area contributed by atoms with Gasteiger partial charge >= 0.3 is 5.97 Å². The molecule has 5 heteroatoms. The van der Waals surface area contributed by atoms with Gasteiger partial charge in [0.1, 0.15) is 23.5 Å². The zero-order valence-electron chi connectivity index (χ0n) is 11.9. The Labute approximate surface area is 126 Å². The fourth-order valence-corrected chi connectivity index (χ4v) is 1.98. The Kier molecular flexibility index (Phi) is 4.84. The van der Waals surface area contributed by atoms with Crippen molar-refractivity contribution in [3.8, 4) is 11.8 Å². The van der Waals surface area contributed by atoms with Crippen molar-refractivity contribution in [2.75, 3.05) is 0 Å². The average Bonchev–Trinajstić information content (AvgIpc) is 2.47. The zero-order valence-corrected chi connectivity index (χ0v) is 11.9. The lowest BCUT2D eigenvalue weighted by Gasteiger charge is -2.07. The lowest BCUT2D eigenvalue weighted by Crippen LogP contribution is -2.11. The Morgan fingerprint density at radius 3 is 2.55 bits per heavy atom. The van der Waals surface area contributed by atoms with E-state index >= 15 is 0 Å². The summed E-state index contributed by atoms with van der Waals surface area (Å²) in [7, 11) is 0. The van der Waals surface area contributed by atoms with E-state index in [1.165, 1.54) is 24.3 Å². The lowest BCUT2D eigenvalue weighted by molar-refractivity contribution is 0.0729. The predicted molar refractivity (Wildman–Crippen MR) is 76.5 cm³/mol. The zero-order chi connectivity index (χ0) is 16.1. The second-order valence-electron chi connectivity index (χ2n) is 4.71. The van der Waals surface area contributed by atoms with Crippen molar-refractivity contribution in [1.82, 2.24) is 0 Å². The smallest absolute Gasteiger partial charge is 0.346 e. The van der Waals surface area contributed by atoms with Gasteiger partial charge in [0.2, 0.25) is 0 Å². The summed E-state index contributed by atoms with van der Waals surface area (Å²) in [5, 5.41) is 8.63. The topological polar surface area (TPSA) is 50.1 Å². The summed E-state index contributed by atoms with van der Waals surface area (Å²) >= 11 is 0. The second kappa shape index (κ2) is 6.81. The summed E-state index contributed by atoms with van der Waals surface area (Å²) in [6.45, 7) is 1.97. The van der Waals surface area contributed by atoms with E-state index in [0.29, 0.717) is 6.42 Å². The fraction of sp³-hybridized carbons (Fsp3) is 0.176. The van der Waals surface area contributed by atoms with Crippen LogP contribution in [-0.2, 0) is 6.42 Å². The van der Waals surface area contributed by atoms with Crippen LogP contribution in [0.3, 0.4) is 0 Å². The van der Waals surface area contributed by atoms with Crippen LogP contribution in [0, 0.1) is 23.0 Å². The van der Waals surface area contributed by atoms with Crippen molar-refractivity contribution >= 4 is 5.97 Å². The van der Waals surface area contributed by atoms with E-state index in [-0.39, 0.29) is 16.9 Å². The van der Waals surface area contributed by atoms with Gasteiger partial charge in [-0.2, -0.15) is 5.26 Å². The number of hydrogen-bond acceptors (Lipinski definition) is 3. The number of ether oxygens (including phenoxy) is 1. The van der Waals surface area contributed by atoms with Gasteiger partial charge in [0, 0.05) is 6.07 Å². The minimum atomic E-state index is -0.912. The molecule has 0 fully saturated rings. The van der Waals surface area contributed by atoms with Gasteiger partial charge in [0.15, 0.2) is 0 Å². The Hall–Kier alpha value is -2.74. The maximum atomic E-state index is 13.9. The number of carbonyl (C=O) groups is 1. The third kappa shape index (κ3) is 3.47. The number of nitriles is 1. The van der Waals surface area contributed by atoms with Crippen LogP contribution in [0.1, 0.15) is 34.8 Å². The molecular weight excluding hydrogens is 288 g/mol. The van der Waals surface area contributed by atoms with Gasteiger partial charge in [0.05, 0.1) is 11.1 Å². The maximum absolute atomic E-state index is 13.9. The van der Waals surface area contributed by atoms with Crippen molar-refractivity contribution in [2.24, 2.45) is 0 Å². The molecule has 0 radical (unpaired) electrons. The molecule has 0 saturated carbocycles. The molecule has 0 amide bonds. The first-order valence-corrected chi connectivity index (χ1v) is 6.75. The van der Waals surface area contributed by atoms with Crippen LogP contribution in [0.4, 0.5) is 8.78 Å². The first kappa shape index (κ1) is 15.6. The van der Waals surface area contributed by atoms with Crippen LogP contribution in [0.2, 0.25) is 0 Å². The highest BCUT2D eigenvalue weighted by Gasteiger charge is 2.15. The predicted octanol–water partition coefficient (Wildman–Crippen LogP) is 4.01. The summed E-state index contributed by atoms with van der Waals surface area (Å²) in [4.78, 5) is 11.9. The molecule has 0 saturated heterocycles. The van der Waals surface area contributed by atoms with Crippen LogP contribution in [0.25, 0.3) is 0 Å². The van der Waals surface area contributed by atoms with Gasteiger partial charge in [-0.25, -0.2) is 13.6 Å². The lowest BCUT2D eigenvalue weighted by atomic mass is 10.1. The molecule has 0 unspecified atom stereocenters. The summed E-state index contributed by atoms with van der Waals surface area (Å²) in [5.41, 5.74) is 0.417. The molecule has 0 bridgehead atoms. The van der Waals surface area contributed by atoms with E-state index in [4.69, 9.17) is 10.00 Å². The van der Waals surface area contributed by atoms with E-state index < -0.39 is 17.6 Å². The molecule has 0 atom stereocenters. The highest BCUT2D eigenvalue weighted by molar-refractivity contribution is 5.91. The summed E-state index contributed by atoms with van der Waals surface area (Å²) in [6.07, 6.45) is 1.58. The number of halogens is 2. The molecule has 0 heterocycles. The summed E-state index contributed by atoms with van der Waals surface area (Å²) in [5.74, 6) is -2.47. The number of esters is 1. The Balaban J connectivity index is 2.19. The minimum Gasteiger partial charge on any atom is -0.423 e. The number of rotatable bonds is 4. The molecule has 0 aliphatic heterocycles. The second-order valence-corrected chi connectivity index (χ2v) is 4.71. The monoisotopic (exact) mass is 301 g/mol. The maximum Gasteiger partial charge on any atom is 0.346 e. The highest BCUT2D eigenvalue weighted by atomic mass is 19.1. The molecule has 3 nitrogen and oxygen atoms in total. The molecule has 0 spiro atoms. The Morgan fingerprint density at radius 1 is 1.18 bits per heavy atom. The quantitative estimate of drug-likeness (QED) is 0.633. The van der Waals surface area contributed by atoms with Gasteiger partial charge < -0.3 is 4.74 Å². The Bertz CT molecular complexity index is 751. The number of aryl methyl sites for hydroxylation is 1. The number of carbonyl (C=O) groups excluding carboxylic acids is 1. The molecule has 0 N–H and O–H groups in total. The van der Waals surface area contributed by atoms with Gasteiger partial charge in [-0.1, -0.05) is 19.4 Å². The van der Waals surface area contributed by atoms with Crippen molar-refractivity contribution < 1.29 is 18.3 Å². The van der Waals surface area contributed by atoms with Crippen LogP contribution < -0.4 is 4.74 Å². The molecule has 0 aromatic heterocycles. The Morgan fingerprint density at radius 2 is 1.95 bits per heavy atom. The average molecular weight is 301 g/mol. The van der Waals surface area contributed by atoms with Crippen molar-refractivity contribution in [3.63, 3.8) is 0 Å². The fourth-order valence-electron chi connectivity index (χ4n) is 1.98. The van der Waals surface area contributed by atoms with Gasteiger partial charge in [0.25, 0.3) is 0 Å². The van der Waals surface area contributed by atoms with Gasteiger partial charge in [-0.3, -0.25) is 0 Å². The van der Waals surface area contributed by atoms with Crippen molar-refractivity contribution in [2.45, 2.75) is 19.8 Å². The molecule has 2 rings (SSSR count). The van der Waals surface area contributed by atoms with E-state index in [9.17, 15) is 13.6 Å². The first-order valence-electron chi connectivity index (χ1n) is 6.75. The van der Waals surface area contributed by atoms with Crippen molar-refractivity contribution in [3.05, 3.63) is 64.7 Å². The molecule has 22 heavy (non-hydrogen) atoms. The van der Waals surface area contributed by atoms with Crippen molar-refractivity contribution in [1.29, 1.82) is 5.26 Å². The standard InChI is InChI=1S/C17H13F2NO2/c1-2-3-11-4-7-14(16(19)8-11)17(21)22-13-6-5-12(10-20)15(18)9-13/h4-9H,2-3H2,1H3. The molecule has 2 aromatic carbocycles. The van der Waals surface area contributed by atoms with E-state index in [1.807, 2.05) is 6.92 Å². The van der Waals surface area contributed by atoms with Gasteiger partial charge in [-0.05, 0) is 36.2 Å². The van der Waals surface area contributed by atoms with E-state index in [2.05, 4.69) is 0 Å². The number of nitrogens with zero attached hydrogens (tertiary/aromatic N) is 1. The molecular formula is C17H13F2NO2. The molecule has 0 aliphatic carbocycles.